The zero-order chi connectivity index (χ0) is 14.6. The van der Waals surface area contributed by atoms with Gasteiger partial charge in [0.1, 0.15) is 5.75 Å². The predicted octanol–water partition coefficient (Wildman–Crippen LogP) is 3.12. The molecule has 3 aliphatic rings. The van der Waals surface area contributed by atoms with E-state index in [4.69, 9.17) is 10.6 Å². The standard InChI is InChI=1S/C17H23BrN2O/c1-21-14-5-4-12(18)7-11(14)8-13(20-19)17-15-9-2-3-10(6-9)16(15)17/h4-5,7,9-10,13,15-17,20H,2-3,6,8,19H2,1H3. The molecule has 0 saturated heterocycles. The first kappa shape index (κ1) is 14.0. The highest BCUT2D eigenvalue weighted by atomic mass is 79.9. The number of nitrogens with two attached hydrogens (primary N) is 1. The highest BCUT2D eigenvalue weighted by Gasteiger charge is 2.66. The summed E-state index contributed by atoms with van der Waals surface area (Å²) in [5, 5.41) is 0. The molecule has 0 aromatic heterocycles. The molecule has 5 atom stereocenters. The van der Waals surface area contributed by atoms with Crippen molar-refractivity contribution in [2.24, 2.45) is 35.4 Å². The van der Waals surface area contributed by atoms with Crippen LogP contribution in [0.1, 0.15) is 24.8 Å². The van der Waals surface area contributed by atoms with Crippen molar-refractivity contribution in [3.05, 3.63) is 28.2 Å². The Hall–Kier alpha value is -0.580. The lowest BCUT2D eigenvalue weighted by molar-refractivity contribution is 0.357. The second kappa shape index (κ2) is 5.25. The molecule has 0 heterocycles. The number of nitrogens with one attached hydrogen (secondary N) is 1. The van der Waals surface area contributed by atoms with Gasteiger partial charge >= 0.3 is 0 Å². The highest BCUT2D eigenvalue weighted by Crippen LogP contribution is 2.70. The Morgan fingerprint density at radius 2 is 2.05 bits per heavy atom. The van der Waals surface area contributed by atoms with Gasteiger partial charge in [-0.05, 0) is 79.0 Å². The number of halogens is 1. The zero-order valence-electron chi connectivity index (χ0n) is 12.4. The highest BCUT2D eigenvalue weighted by molar-refractivity contribution is 9.10. The normalized spacial score (nSPS) is 37.4. The van der Waals surface area contributed by atoms with E-state index in [-0.39, 0.29) is 0 Å². The molecule has 0 spiro atoms. The van der Waals surface area contributed by atoms with E-state index < -0.39 is 0 Å². The molecule has 1 aromatic rings. The van der Waals surface area contributed by atoms with Crippen LogP contribution in [0.3, 0.4) is 0 Å². The van der Waals surface area contributed by atoms with Crippen LogP contribution in [0.15, 0.2) is 22.7 Å². The molecule has 1 aromatic carbocycles. The molecule has 3 saturated carbocycles. The first-order valence-corrected chi connectivity index (χ1v) is 8.80. The van der Waals surface area contributed by atoms with E-state index >= 15 is 0 Å². The average Bonchev–Trinajstić information content (AvgIpc) is 2.91. The van der Waals surface area contributed by atoms with Crippen LogP contribution in [0.25, 0.3) is 0 Å². The molecule has 0 radical (unpaired) electrons. The smallest absolute Gasteiger partial charge is 0.122 e. The lowest BCUT2D eigenvalue weighted by Crippen LogP contribution is -2.40. The van der Waals surface area contributed by atoms with Gasteiger partial charge in [-0.3, -0.25) is 11.3 Å². The largest absolute Gasteiger partial charge is 0.496 e. The lowest BCUT2D eigenvalue weighted by Gasteiger charge is -2.21. The Morgan fingerprint density at radius 1 is 1.33 bits per heavy atom. The monoisotopic (exact) mass is 350 g/mol. The van der Waals surface area contributed by atoms with Crippen molar-refractivity contribution in [2.45, 2.75) is 31.7 Å². The van der Waals surface area contributed by atoms with E-state index in [2.05, 4.69) is 27.4 Å². The lowest BCUT2D eigenvalue weighted by atomic mass is 9.93. The number of fused-ring (bicyclic) bond motifs is 5. The van der Waals surface area contributed by atoms with E-state index in [9.17, 15) is 0 Å². The Balaban J connectivity index is 1.52. The maximum atomic E-state index is 5.90. The van der Waals surface area contributed by atoms with Gasteiger partial charge in [0.15, 0.2) is 0 Å². The topological polar surface area (TPSA) is 47.3 Å². The molecule has 3 aliphatic carbocycles. The van der Waals surface area contributed by atoms with Gasteiger partial charge in [-0.2, -0.15) is 0 Å². The summed E-state index contributed by atoms with van der Waals surface area (Å²) in [7, 11) is 1.74. The predicted molar refractivity (Wildman–Crippen MR) is 86.8 cm³/mol. The van der Waals surface area contributed by atoms with Crippen molar-refractivity contribution in [3.63, 3.8) is 0 Å². The molecule has 114 valence electrons. The number of hydrogen-bond acceptors (Lipinski definition) is 3. The summed E-state index contributed by atoms with van der Waals surface area (Å²) in [6.07, 6.45) is 5.36. The quantitative estimate of drug-likeness (QED) is 0.633. The van der Waals surface area contributed by atoms with Crippen LogP contribution >= 0.6 is 15.9 Å². The second-order valence-corrected chi connectivity index (χ2v) is 7.91. The SMILES string of the molecule is COc1ccc(Br)cc1CC(NN)C1C2C3CCC(C3)C21. The maximum Gasteiger partial charge on any atom is 0.122 e. The number of benzene rings is 1. The number of rotatable bonds is 5. The molecule has 4 rings (SSSR count). The van der Waals surface area contributed by atoms with Gasteiger partial charge in [-0.15, -0.1) is 0 Å². The number of methoxy groups -OCH3 is 1. The molecule has 3 fully saturated rings. The third kappa shape index (κ3) is 2.23. The minimum Gasteiger partial charge on any atom is -0.496 e. The number of hydrazine groups is 1. The third-order valence-corrected chi connectivity index (χ3v) is 6.65. The van der Waals surface area contributed by atoms with Crippen molar-refractivity contribution < 1.29 is 4.74 Å². The first-order chi connectivity index (χ1) is 10.2. The molecule has 0 aliphatic heterocycles. The van der Waals surface area contributed by atoms with Crippen molar-refractivity contribution in [3.8, 4) is 5.75 Å². The van der Waals surface area contributed by atoms with Crippen molar-refractivity contribution in [1.82, 2.24) is 5.43 Å². The summed E-state index contributed by atoms with van der Waals surface area (Å²) in [4.78, 5) is 0. The van der Waals surface area contributed by atoms with Crippen LogP contribution in [0.2, 0.25) is 0 Å². The Bertz CT molecular complexity index is 534. The van der Waals surface area contributed by atoms with E-state index in [1.54, 1.807) is 7.11 Å². The van der Waals surface area contributed by atoms with Gasteiger partial charge in [-0.25, -0.2) is 0 Å². The first-order valence-electron chi connectivity index (χ1n) is 8.01. The summed E-state index contributed by atoms with van der Waals surface area (Å²) < 4.78 is 6.61. The average molecular weight is 351 g/mol. The van der Waals surface area contributed by atoms with Crippen LogP contribution in [-0.4, -0.2) is 13.2 Å². The van der Waals surface area contributed by atoms with Gasteiger partial charge in [0, 0.05) is 10.5 Å². The number of hydrogen-bond donors (Lipinski definition) is 2. The van der Waals surface area contributed by atoms with Crippen LogP contribution in [-0.2, 0) is 6.42 Å². The maximum absolute atomic E-state index is 5.90. The Labute approximate surface area is 134 Å². The molecule has 0 amide bonds. The van der Waals surface area contributed by atoms with E-state index in [0.717, 1.165) is 46.2 Å². The van der Waals surface area contributed by atoms with Gasteiger partial charge in [0.05, 0.1) is 7.11 Å². The summed E-state index contributed by atoms with van der Waals surface area (Å²) in [6, 6.07) is 6.60. The minimum atomic E-state index is 0.381. The Kier molecular flexibility index (Phi) is 3.51. The van der Waals surface area contributed by atoms with Crippen LogP contribution in [0, 0.1) is 29.6 Å². The van der Waals surface area contributed by atoms with Gasteiger partial charge in [0.25, 0.3) is 0 Å². The molecular formula is C17H23BrN2O. The molecule has 2 bridgehead atoms. The molecule has 5 unspecified atom stereocenters. The van der Waals surface area contributed by atoms with Gasteiger partial charge in [0.2, 0.25) is 0 Å². The van der Waals surface area contributed by atoms with E-state index in [1.807, 2.05) is 12.1 Å². The number of ether oxygens (including phenoxy) is 1. The fraction of sp³-hybridized carbons (Fsp3) is 0.647. The van der Waals surface area contributed by atoms with Crippen LogP contribution in [0.5, 0.6) is 5.75 Å². The van der Waals surface area contributed by atoms with E-state index in [1.165, 1.54) is 24.8 Å². The summed E-state index contributed by atoms with van der Waals surface area (Å²) in [5.41, 5.74) is 4.35. The molecule has 4 heteroatoms. The van der Waals surface area contributed by atoms with Crippen molar-refractivity contribution >= 4 is 15.9 Å². The van der Waals surface area contributed by atoms with Crippen LogP contribution in [0.4, 0.5) is 0 Å². The summed E-state index contributed by atoms with van der Waals surface area (Å²) >= 11 is 3.56. The second-order valence-electron chi connectivity index (χ2n) is 7.00. The molecule has 21 heavy (non-hydrogen) atoms. The Morgan fingerprint density at radius 3 is 2.67 bits per heavy atom. The van der Waals surface area contributed by atoms with E-state index in [0.29, 0.717) is 6.04 Å². The van der Waals surface area contributed by atoms with Gasteiger partial charge < -0.3 is 4.74 Å². The molecule has 3 nitrogen and oxygen atoms in total. The van der Waals surface area contributed by atoms with Crippen molar-refractivity contribution in [2.75, 3.05) is 7.11 Å². The summed E-state index contributed by atoms with van der Waals surface area (Å²) in [5.74, 6) is 11.5. The zero-order valence-corrected chi connectivity index (χ0v) is 14.0. The molecular weight excluding hydrogens is 328 g/mol. The van der Waals surface area contributed by atoms with Crippen LogP contribution < -0.4 is 16.0 Å². The fourth-order valence-electron chi connectivity index (χ4n) is 5.38. The van der Waals surface area contributed by atoms with Gasteiger partial charge in [-0.1, -0.05) is 15.9 Å². The molecule has 3 N–H and O–H groups in total. The van der Waals surface area contributed by atoms with Crippen molar-refractivity contribution in [1.29, 1.82) is 0 Å². The minimum absolute atomic E-state index is 0.381. The fourth-order valence-corrected chi connectivity index (χ4v) is 5.79. The third-order valence-electron chi connectivity index (χ3n) is 6.16. The summed E-state index contributed by atoms with van der Waals surface area (Å²) in [6.45, 7) is 0.